The van der Waals surface area contributed by atoms with Crippen molar-refractivity contribution in [1.29, 1.82) is 0 Å². The van der Waals surface area contributed by atoms with Crippen LogP contribution in [-0.2, 0) is 15.3 Å². The first-order chi connectivity index (χ1) is 16.7. The van der Waals surface area contributed by atoms with Crippen molar-refractivity contribution in [2.24, 2.45) is 0 Å². The smallest absolute Gasteiger partial charge is 0.233 e. The Labute approximate surface area is 215 Å². The molecule has 2 amide bonds. The molecule has 0 spiro atoms. The predicted molar refractivity (Wildman–Crippen MR) is 140 cm³/mol. The average molecular weight is 517 g/mol. The zero-order chi connectivity index (χ0) is 23.6. The van der Waals surface area contributed by atoms with E-state index in [2.05, 4.69) is 17.1 Å². The zero-order valence-electron chi connectivity index (χ0n) is 19.5. The molecule has 2 aromatic rings. The van der Waals surface area contributed by atoms with Gasteiger partial charge in [0.05, 0.1) is 11.5 Å². The number of rotatable bonds is 9. The van der Waals surface area contributed by atoms with E-state index in [9.17, 15) is 9.59 Å². The second-order valence-electron chi connectivity index (χ2n) is 8.56. The molecule has 0 unspecified atom stereocenters. The molecular formula is C25H32N4O2S3. The van der Waals surface area contributed by atoms with E-state index in [4.69, 9.17) is 4.98 Å². The average Bonchev–Trinajstić information content (AvgIpc) is 2.90. The van der Waals surface area contributed by atoms with Crippen molar-refractivity contribution in [2.45, 2.75) is 59.5 Å². The second-order valence-corrected chi connectivity index (χ2v) is 11.5. The highest BCUT2D eigenvalue weighted by Crippen LogP contribution is 2.28. The monoisotopic (exact) mass is 516 g/mol. The third kappa shape index (κ3) is 7.92. The van der Waals surface area contributed by atoms with Gasteiger partial charge in [-0.15, -0.1) is 11.8 Å². The lowest BCUT2D eigenvalue weighted by molar-refractivity contribution is -0.130. The number of aromatic nitrogens is 2. The molecule has 0 radical (unpaired) electrons. The van der Waals surface area contributed by atoms with E-state index in [-0.39, 0.29) is 11.8 Å². The largest absolute Gasteiger partial charge is 0.342 e. The Hall–Kier alpha value is -1.71. The van der Waals surface area contributed by atoms with Crippen molar-refractivity contribution in [3.05, 3.63) is 42.0 Å². The minimum absolute atomic E-state index is 0.158. The van der Waals surface area contributed by atoms with Crippen molar-refractivity contribution in [3.8, 4) is 0 Å². The van der Waals surface area contributed by atoms with Gasteiger partial charge >= 0.3 is 0 Å². The minimum Gasteiger partial charge on any atom is -0.342 e. The van der Waals surface area contributed by atoms with Gasteiger partial charge in [0, 0.05) is 38.0 Å². The van der Waals surface area contributed by atoms with Crippen molar-refractivity contribution >= 4 is 47.1 Å². The van der Waals surface area contributed by atoms with E-state index in [0.29, 0.717) is 16.7 Å². The maximum absolute atomic E-state index is 12.6. The van der Waals surface area contributed by atoms with Crippen molar-refractivity contribution in [3.63, 3.8) is 0 Å². The number of carbonyl (C=O) groups excluding carboxylic acids is 2. The highest BCUT2D eigenvalue weighted by atomic mass is 32.2. The lowest BCUT2D eigenvalue weighted by atomic mass is 10.1. The van der Waals surface area contributed by atoms with Crippen molar-refractivity contribution < 1.29 is 9.59 Å². The van der Waals surface area contributed by atoms with Gasteiger partial charge in [-0.05, 0) is 44.1 Å². The number of carbonyl (C=O) groups is 2. The second kappa shape index (κ2) is 13.4. The van der Waals surface area contributed by atoms with Crippen LogP contribution in [0.5, 0.6) is 0 Å². The molecular weight excluding hydrogens is 485 g/mol. The van der Waals surface area contributed by atoms with Crippen LogP contribution in [0.4, 0.5) is 0 Å². The summed E-state index contributed by atoms with van der Waals surface area (Å²) in [4.78, 5) is 38.6. The van der Waals surface area contributed by atoms with Gasteiger partial charge in [0.1, 0.15) is 10.1 Å². The number of nitrogens with zero attached hydrogens (tertiary/aromatic N) is 4. The molecule has 3 heterocycles. The van der Waals surface area contributed by atoms with E-state index >= 15 is 0 Å². The molecule has 0 bridgehead atoms. The number of piperidine rings is 2. The topological polar surface area (TPSA) is 66.4 Å². The molecule has 2 saturated heterocycles. The fourth-order valence-electron chi connectivity index (χ4n) is 4.06. The standard InChI is InChI=1S/C25H32N4O2S3/c30-23(28-12-6-2-7-13-28)18-33-22-16-21(32-17-20-10-4-1-5-11-20)26-25(27-22)34-19-24(31)29-14-8-3-9-15-29/h1,4-5,10-11,16H,2-3,6-9,12-15,17-19H2. The lowest BCUT2D eigenvalue weighted by Crippen LogP contribution is -2.36. The Balaban J connectivity index is 1.40. The Bertz CT molecular complexity index is 896. The Morgan fingerprint density at radius 1 is 0.706 bits per heavy atom. The summed E-state index contributed by atoms with van der Waals surface area (Å²) in [5.41, 5.74) is 1.23. The van der Waals surface area contributed by atoms with Crippen LogP contribution < -0.4 is 0 Å². The van der Waals surface area contributed by atoms with Gasteiger partial charge in [-0.25, -0.2) is 9.97 Å². The molecule has 182 valence electrons. The minimum atomic E-state index is 0.158. The number of benzene rings is 1. The van der Waals surface area contributed by atoms with E-state index in [1.54, 1.807) is 11.8 Å². The van der Waals surface area contributed by atoms with Crippen LogP contribution >= 0.6 is 35.3 Å². The maximum atomic E-state index is 12.6. The molecule has 34 heavy (non-hydrogen) atoms. The van der Waals surface area contributed by atoms with Crippen LogP contribution in [0.1, 0.15) is 44.1 Å². The fraction of sp³-hybridized carbons (Fsp3) is 0.520. The molecule has 2 aliphatic heterocycles. The number of likely N-dealkylation sites (tertiary alicyclic amines) is 2. The Kier molecular flexibility index (Phi) is 10.0. The normalized spacial score (nSPS) is 16.5. The van der Waals surface area contributed by atoms with Gasteiger partial charge in [-0.3, -0.25) is 9.59 Å². The lowest BCUT2D eigenvalue weighted by Gasteiger charge is -2.26. The summed E-state index contributed by atoms with van der Waals surface area (Å²) in [6.07, 6.45) is 6.78. The molecule has 0 N–H and O–H groups in total. The Morgan fingerprint density at radius 3 is 1.82 bits per heavy atom. The fourth-order valence-corrected chi connectivity index (χ4v) is 6.66. The molecule has 2 fully saturated rings. The predicted octanol–water partition coefficient (Wildman–Crippen LogP) is 4.98. The summed E-state index contributed by atoms with van der Waals surface area (Å²) in [6, 6.07) is 12.3. The van der Waals surface area contributed by atoms with E-state index in [1.165, 1.54) is 41.9 Å². The molecule has 1 aromatic carbocycles. The molecule has 2 aliphatic rings. The quantitative estimate of drug-likeness (QED) is 0.265. The zero-order valence-corrected chi connectivity index (χ0v) is 21.9. The molecule has 1 aromatic heterocycles. The molecule has 0 aliphatic carbocycles. The van der Waals surface area contributed by atoms with Gasteiger partial charge in [0.25, 0.3) is 0 Å². The summed E-state index contributed by atoms with van der Waals surface area (Å²) in [7, 11) is 0. The van der Waals surface area contributed by atoms with Gasteiger partial charge < -0.3 is 9.80 Å². The SMILES string of the molecule is O=C(CSc1cc(SCc2ccccc2)nc(SCC(=O)N2CCCCC2)n1)N1CCCCC1. The number of amides is 2. The summed E-state index contributed by atoms with van der Waals surface area (Å²) in [6.45, 7) is 3.43. The number of thioether (sulfide) groups is 3. The van der Waals surface area contributed by atoms with E-state index in [0.717, 1.165) is 67.7 Å². The molecule has 4 rings (SSSR count). The number of hydrogen-bond donors (Lipinski definition) is 0. The third-order valence-electron chi connectivity index (χ3n) is 5.97. The first-order valence-electron chi connectivity index (χ1n) is 12.0. The van der Waals surface area contributed by atoms with Crippen LogP contribution in [0, 0.1) is 0 Å². The molecule has 0 atom stereocenters. The van der Waals surface area contributed by atoms with Crippen LogP contribution in [0.2, 0.25) is 0 Å². The third-order valence-corrected chi connectivity index (χ3v) is 8.68. The Morgan fingerprint density at radius 2 is 1.24 bits per heavy atom. The summed E-state index contributed by atoms with van der Waals surface area (Å²) in [5.74, 6) is 1.88. The summed E-state index contributed by atoms with van der Waals surface area (Å²) in [5, 5.41) is 2.28. The molecule has 9 heteroatoms. The van der Waals surface area contributed by atoms with Gasteiger partial charge in [0.2, 0.25) is 11.8 Å². The van der Waals surface area contributed by atoms with Crippen LogP contribution in [0.25, 0.3) is 0 Å². The van der Waals surface area contributed by atoms with Crippen LogP contribution in [-0.4, -0.2) is 69.3 Å². The van der Waals surface area contributed by atoms with Crippen molar-refractivity contribution in [2.75, 3.05) is 37.7 Å². The van der Waals surface area contributed by atoms with Gasteiger partial charge in [-0.2, -0.15) is 0 Å². The molecule has 0 saturated carbocycles. The summed E-state index contributed by atoms with van der Waals surface area (Å²) >= 11 is 4.53. The number of hydrogen-bond acceptors (Lipinski definition) is 7. The van der Waals surface area contributed by atoms with Gasteiger partial charge in [0.15, 0.2) is 5.16 Å². The molecule has 6 nitrogen and oxygen atoms in total. The van der Waals surface area contributed by atoms with Gasteiger partial charge in [-0.1, -0.05) is 53.9 Å². The summed E-state index contributed by atoms with van der Waals surface area (Å²) < 4.78 is 0. The van der Waals surface area contributed by atoms with E-state index < -0.39 is 0 Å². The van der Waals surface area contributed by atoms with Crippen LogP contribution in [0.3, 0.4) is 0 Å². The van der Waals surface area contributed by atoms with Crippen molar-refractivity contribution in [1.82, 2.24) is 19.8 Å². The highest BCUT2D eigenvalue weighted by Gasteiger charge is 2.19. The van der Waals surface area contributed by atoms with E-state index in [1.807, 2.05) is 34.1 Å². The van der Waals surface area contributed by atoms with Crippen LogP contribution in [0.15, 0.2) is 51.6 Å². The highest BCUT2D eigenvalue weighted by molar-refractivity contribution is 8.00. The maximum Gasteiger partial charge on any atom is 0.233 e. The first kappa shape index (κ1) is 25.4. The first-order valence-corrected chi connectivity index (χ1v) is 15.0.